The fraction of sp³-hybridized carbons (Fsp3) is 0.308. The maximum absolute atomic E-state index is 11.0. The number of hydrogen-bond acceptors (Lipinski definition) is 4. The molecule has 1 aliphatic heterocycles. The van der Waals surface area contributed by atoms with E-state index in [2.05, 4.69) is 0 Å². The van der Waals surface area contributed by atoms with E-state index in [0.717, 1.165) is 5.57 Å². The van der Waals surface area contributed by atoms with Crippen LogP contribution in [0.5, 0.6) is 5.75 Å². The van der Waals surface area contributed by atoms with Crippen molar-refractivity contribution in [1.29, 1.82) is 0 Å². The topological polar surface area (TPSA) is 104 Å². The van der Waals surface area contributed by atoms with Crippen LogP contribution in [-0.4, -0.2) is 38.7 Å². The van der Waals surface area contributed by atoms with Crippen molar-refractivity contribution in [3.8, 4) is 5.75 Å². The Balaban J connectivity index is 2.27. The van der Waals surface area contributed by atoms with Crippen molar-refractivity contribution in [3.63, 3.8) is 0 Å². The summed E-state index contributed by atoms with van der Waals surface area (Å²) in [7, 11) is 0. The molecule has 0 bridgehead atoms. The van der Waals surface area contributed by atoms with Gasteiger partial charge in [0.05, 0.1) is 4.92 Å². The minimum Gasteiger partial charge on any atom is -0.502 e. The minimum atomic E-state index is -0.973. The molecule has 1 aliphatic rings. The first-order valence-corrected chi connectivity index (χ1v) is 6.06. The quantitative estimate of drug-likeness (QED) is 0.638. The first-order chi connectivity index (χ1) is 9.40. The van der Waals surface area contributed by atoms with Gasteiger partial charge in [-0.15, -0.1) is 0 Å². The number of nitro groups is 1. The Morgan fingerprint density at radius 3 is 2.70 bits per heavy atom. The average Bonchev–Trinajstić information content (AvgIpc) is 2.37. The monoisotopic (exact) mass is 278 g/mol. The number of aromatic hydroxyl groups is 1. The van der Waals surface area contributed by atoms with E-state index in [4.69, 9.17) is 5.11 Å². The number of phenolic OH excluding ortho intramolecular Hbond substituents is 1. The largest absolute Gasteiger partial charge is 0.502 e. The number of nitro benzene ring substituents is 1. The van der Waals surface area contributed by atoms with Crippen molar-refractivity contribution >= 4 is 17.4 Å². The van der Waals surface area contributed by atoms with Crippen LogP contribution in [0, 0.1) is 10.1 Å². The van der Waals surface area contributed by atoms with Crippen LogP contribution >= 0.6 is 0 Å². The van der Waals surface area contributed by atoms with Gasteiger partial charge >= 0.3 is 11.8 Å². The molecule has 2 N–H and O–H groups in total. The molecule has 7 heteroatoms. The third-order valence-electron chi connectivity index (χ3n) is 3.37. The number of nitrogens with zero attached hydrogens (tertiary/aromatic N) is 2. The average molecular weight is 278 g/mol. The third kappa shape index (κ3) is 2.56. The van der Waals surface area contributed by atoms with Crippen molar-refractivity contribution in [3.05, 3.63) is 40.0 Å². The van der Waals surface area contributed by atoms with E-state index in [-0.39, 0.29) is 24.0 Å². The van der Waals surface area contributed by atoms with Gasteiger partial charge in [-0.25, -0.2) is 4.79 Å². The molecule has 0 saturated heterocycles. The molecule has 7 nitrogen and oxygen atoms in total. The van der Waals surface area contributed by atoms with Gasteiger partial charge in [0.2, 0.25) is 0 Å². The second-order valence-corrected chi connectivity index (χ2v) is 4.68. The van der Waals surface area contributed by atoms with Gasteiger partial charge in [0.25, 0.3) is 0 Å². The van der Waals surface area contributed by atoms with Gasteiger partial charge in [0.1, 0.15) is 0 Å². The fourth-order valence-electron chi connectivity index (χ4n) is 2.28. The van der Waals surface area contributed by atoms with Crippen molar-refractivity contribution in [2.75, 3.05) is 6.54 Å². The molecule has 0 aromatic heterocycles. The molecule has 1 heterocycles. The molecule has 20 heavy (non-hydrogen) atoms. The Kier molecular flexibility index (Phi) is 3.60. The van der Waals surface area contributed by atoms with Crippen LogP contribution in [0.25, 0.3) is 5.57 Å². The first-order valence-electron chi connectivity index (χ1n) is 6.06. The molecule has 106 valence electrons. The highest BCUT2D eigenvalue weighted by Crippen LogP contribution is 2.32. The number of benzene rings is 1. The first kappa shape index (κ1) is 13.9. The second-order valence-electron chi connectivity index (χ2n) is 4.68. The van der Waals surface area contributed by atoms with Gasteiger partial charge in [0, 0.05) is 18.7 Å². The van der Waals surface area contributed by atoms with Gasteiger partial charge in [0.15, 0.2) is 5.75 Å². The molecule has 1 aromatic carbocycles. The molecule has 0 fully saturated rings. The van der Waals surface area contributed by atoms with Crippen molar-refractivity contribution in [1.82, 2.24) is 4.90 Å². The lowest BCUT2D eigenvalue weighted by atomic mass is 9.95. The highest BCUT2D eigenvalue weighted by Gasteiger charge is 2.24. The minimum absolute atomic E-state index is 0.176. The molecule has 1 atom stereocenters. The number of phenols is 1. The summed E-state index contributed by atoms with van der Waals surface area (Å²) in [6, 6.07) is 3.98. The Hall–Kier alpha value is -2.57. The zero-order valence-corrected chi connectivity index (χ0v) is 10.8. The van der Waals surface area contributed by atoms with E-state index in [1.165, 1.54) is 17.0 Å². The zero-order valence-electron chi connectivity index (χ0n) is 10.8. The maximum atomic E-state index is 11.0. The molecule has 0 saturated carbocycles. The number of amides is 1. The Bertz CT molecular complexity index is 596. The highest BCUT2D eigenvalue weighted by atomic mass is 16.6. The number of rotatable bonds is 2. The molecule has 2 rings (SSSR count). The lowest BCUT2D eigenvalue weighted by Crippen LogP contribution is -2.40. The number of carbonyl (C=O) groups is 1. The predicted molar refractivity (Wildman–Crippen MR) is 71.5 cm³/mol. The molecule has 0 unspecified atom stereocenters. The van der Waals surface area contributed by atoms with Gasteiger partial charge in [-0.05, 0) is 36.6 Å². The van der Waals surface area contributed by atoms with E-state index < -0.39 is 11.0 Å². The van der Waals surface area contributed by atoms with E-state index >= 15 is 0 Å². The Morgan fingerprint density at radius 1 is 1.50 bits per heavy atom. The lowest BCUT2D eigenvalue weighted by molar-refractivity contribution is -0.385. The van der Waals surface area contributed by atoms with E-state index in [0.29, 0.717) is 12.0 Å². The summed E-state index contributed by atoms with van der Waals surface area (Å²) < 4.78 is 0. The SMILES string of the molecule is C[C@H]1CC(c2ccc([N+](=O)[O-])c(O)c2)=CCN1C(=O)O. The number of hydrogen-bond donors (Lipinski definition) is 2. The van der Waals surface area contributed by atoms with Crippen LogP contribution in [0.1, 0.15) is 18.9 Å². The lowest BCUT2D eigenvalue weighted by Gasteiger charge is -2.30. The van der Waals surface area contributed by atoms with Crippen LogP contribution < -0.4 is 0 Å². The molecular weight excluding hydrogens is 264 g/mol. The third-order valence-corrected chi connectivity index (χ3v) is 3.37. The van der Waals surface area contributed by atoms with Gasteiger partial charge in [-0.2, -0.15) is 0 Å². The maximum Gasteiger partial charge on any atom is 0.407 e. The van der Waals surface area contributed by atoms with Crippen LogP contribution in [-0.2, 0) is 0 Å². The Morgan fingerprint density at radius 2 is 2.20 bits per heavy atom. The van der Waals surface area contributed by atoms with Crippen molar-refractivity contribution in [2.45, 2.75) is 19.4 Å². The fourth-order valence-corrected chi connectivity index (χ4v) is 2.28. The van der Waals surface area contributed by atoms with Gasteiger partial charge in [-0.3, -0.25) is 10.1 Å². The van der Waals surface area contributed by atoms with Gasteiger partial charge < -0.3 is 15.1 Å². The molecule has 0 spiro atoms. The summed E-state index contributed by atoms with van der Waals surface area (Å²) in [5.41, 5.74) is 1.20. The van der Waals surface area contributed by atoms with E-state index in [1.54, 1.807) is 19.1 Å². The summed E-state index contributed by atoms with van der Waals surface area (Å²) in [6.45, 7) is 2.07. The summed E-state index contributed by atoms with van der Waals surface area (Å²) in [4.78, 5) is 22.3. The summed E-state index contributed by atoms with van der Waals surface area (Å²) in [5, 5.41) is 29.3. The van der Waals surface area contributed by atoms with Crippen LogP contribution in [0.2, 0.25) is 0 Å². The predicted octanol–water partition coefficient (Wildman–Crippen LogP) is 2.46. The van der Waals surface area contributed by atoms with Crippen LogP contribution in [0.15, 0.2) is 24.3 Å². The summed E-state index contributed by atoms with van der Waals surface area (Å²) in [5.74, 6) is -0.387. The zero-order chi connectivity index (χ0) is 14.9. The van der Waals surface area contributed by atoms with Crippen molar-refractivity contribution in [2.24, 2.45) is 0 Å². The Labute approximate surface area is 114 Å². The summed E-state index contributed by atoms with van der Waals surface area (Å²) >= 11 is 0. The van der Waals surface area contributed by atoms with E-state index in [1.807, 2.05) is 0 Å². The molecule has 1 aromatic rings. The second kappa shape index (κ2) is 5.20. The molecule has 0 aliphatic carbocycles. The number of carboxylic acid groups (broad SMARTS) is 1. The van der Waals surface area contributed by atoms with Gasteiger partial charge in [-0.1, -0.05) is 6.08 Å². The standard InChI is InChI=1S/C13H14N2O5/c1-8-6-10(4-5-14(8)13(17)18)9-2-3-11(15(19)20)12(16)7-9/h2-4,7-8,16H,5-6H2,1H3,(H,17,18)/t8-/m0/s1. The molecular formula is C13H14N2O5. The molecule has 1 amide bonds. The van der Waals surface area contributed by atoms with Crippen LogP contribution in [0.3, 0.4) is 0 Å². The molecule has 0 radical (unpaired) electrons. The normalized spacial score (nSPS) is 18.6. The van der Waals surface area contributed by atoms with Crippen molar-refractivity contribution < 1.29 is 19.9 Å². The van der Waals surface area contributed by atoms with E-state index in [9.17, 15) is 20.0 Å². The summed E-state index contributed by atoms with van der Waals surface area (Å²) in [6.07, 6.45) is 1.29. The van der Waals surface area contributed by atoms with Crippen LogP contribution in [0.4, 0.5) is 10.5 Å². The smallest absolute Gasteiger partial charge is 0.407 e. The highest BCUT2D eigenvalue weighted by molar-refractivity contribution is 5.73.